The quantitative estimate of drug-likeness (QED) is 0.650. The van der Waals surface area contributed by atoms with Crippen molar-refractivity contribution in [2.24, 2.45) is 0 Å². The molecule has 0 fully saturated rings. The summed E-state index contributed by atoms with van der Waals surface area (Å²) in [6, 6.07) is 0. The van der Waals surface area contributed by atoms with Gasteiger partial charge in [-0.2, -0.15) is 5.10 Å². The largest absolute Gasteiger partial charge is 0.272 e. The van der Waals surface area contributed by atoms with Gasteiger partial charge >= 0.3 is 0 Å². The van der Waals surface area contributed by atoms with Gasteiger partial charge in [0.2, 0.25) is 0 Å². The maximum atomic E-state index is 4.24. The minimum atomic E-state index is 0.598. The third-order valence-electron chi connectivity index (χ3n) is 1.77. The molecule has 0 atom stereocenters. The van der Waals surface area contributed by atoms with Gasteiger partial charge in [0.25, 0.3) is 0 Å². The van der Waals surface area contributed by atoms with E-state index in [0.717, 1.165) is 13.0 Å². The fraction of sp³-hybridized carbons (Fsp3) is 0.667. The summed E-state index contributed by atoms with van der Waals surface area (Å²) in [5.74, 6) is 0.598. The first-order valence-electron chi connectivity index (χ1n) is 4.26. The van der Waals surface area contributed by atoms with Gasteiger partial charge in [-0.3, -0.25) is 4.68 Å². The molecule has 0 saturated heterocycles. The maximum Gasteiger partial charge on any atom is 0.0524 e. The fourth-order valence-electron chi connectivity index (χ4n) is 1.03. The van der Waals surface area contributed by atoms with E-state index in [9.17, 15) is 0 Å². The topological polar surface area (TPSA) is 17.8 Å². The van der Waals surface area contributed by atoms with E-state index in [-0.39, 0.29) is 0 Å². The first kappa shape index (κ1) is 8.31. The lowest BCUT2D eigenvalue weighted by Gasteiger charge is -1.98. The Hall–Kier alpha value is -0.790. The normalized spacial score (nSPS) is 10.9. The number of aryl methyl sites for hydroxylation is 1. The van der Waals surface area contributed by atoms with E-state index in [4.69, 9.17) is 0 Å². The molecule has 1 rings (SSSR count). The Morgan fingerprint density at radius 3 is 2.73 bits per heavy atom. The van der Waals surface area contributed by atoms with Gasteiger partial charge in [-0.05, 0) is 17.9 Å². The summed E-state index contributed by atoms with van der Waals surface area (Å²) in [4.78, 5) is 0. The van der Waals surface area contributed by atoms with Crippen molar-refractivity contribution in [3.63, 3.8) is 0 Å². The molecule has 0 saturated carbocycles. The van der Waals surface area contributed by atoms with Crippen LogP contribution in [0.25, 0.3) is 0 Å². The van der Waals surface area contributed by atoms with Gasteiger partial charge in [0.15, 0.2) is 0 Å². The van der Waals surface area contributed by atoms with Crippen LogP contribution in [0, 0.1) is 0 Å². The van der Waals surface area contributed by atoms with Crippen LogP contribution < -0.4 is 0 Å². The van der Waals surface area contributed by atoms with Gasteiger partial charge < -0.3 is 0 Å². The number of hydrogen-bond donors (Lipinski definition) is 0. The molecule has 0 unspecified atom stereocenters. The molecule has 0 aliphatic rings. The molecule has 0 spiro atoms. The van der Waals surface area contributed by atoms with Crippen molar-refractivity contribution in [1.82, 2.24) is 9.78 Å². The minimum Gasteiger partial charge on any atom is -0.272 e. The Morgan fingerprint density at radius 2 is 2.27 bits per heavy atom. The van der Waals surface area contributed by atoms with E-state index < -0.39 is 0 Å². The lowest BCUT2D eigenvalue weighted by atomic mass is 10.1. The number of hydrogen-bond acceptors (Lipinski definition) is 1. The summed E-state index contributed by atoms with van der Waals surface area (Å²) in [7, 11) is 0. The van der Waals surface area contributed by atoms with Gasteiger partial charge in [0.05, 0.1) is 6.20 Å². The molecule has 2 nitrogen and oxygen atoms in total. The molecular weight excluding hydrogens is 136 g/mol. The number of aromatic nitrogens is 2. The Kier molecular flexibility index (Phi) is 2.69. The molecule has 0 aliphatic carbocycles. The highest BCUT2D eigenvalue weighted by atomic mass is 15.3. The zero-order chi connectivity index (χ0) is 8.27. The molecular formula is C9H16N2. The predicted octanol–water partition coefficient (Wildman–Crippen LogP) is 2.42. The van der Waals surface area contributed by atoms with E-state index >= 15 is 0 Å². The van der Waals surface area contributed by atoms with Crippen molar-refractivity contribution < 1.29 is 0 Å². The van der Waals surface area contributed by atoms with Gasteiger partial charge in [-0.15, -0.1) is 0 Å². The van der Waals surface area contributed by atoms with Crippen molar-refractivity contribution in [2.45, 2.75) is 39.7 Å². The van der Waals surface area contributed by atoms with Crippen LogP contribution in [0.5, 0.6) is 0 Å². The second-order valence-electron chi connectivity index (χ2n) is 3.19. The van der Waals surface area contributed by atoms with E-state index in [2.05, 4.69) is 32.1 Å². The molecule has 0 aliphatic heterocycles. The van der Waals surface area contributed by atoms with Crippen molar-refractivity contribution in [3.05, 3.63) is 18.0 Å². The smallest absolute Gasteiger partial charge is 0.0524 e. The average Bonchev–Trinajstić information content (AvgIpc) is 2.37. The number of nitrogens with zero attached hydrogens (tertiary/aromatic N) is 2. The highest BCUT2D eigenvalue weighted by Crippen LogP contribution is 2.11. The molecule has 1 aromatic rings. The van der Waals surface area contributed by atoms with Crippen molar-refractivity contribution >= 4 is 0 Å². The fourth-order valence-corrected chi connectivity index (χ4v) is 1.03. The first-order valence-corrected chi connectivity index (χ1v) is 4.26. The van der Waals surface area contributed by atoms with E-state index in [1.807, 2.05) is 10.9 Å². The second-order valence-corrected chi connectivity index (χ2v) is 3.19. The zero-order valence-electron chi connectivity index (χ0n) is 7.54. The predicted molar refractivity (Wildman–Crippen MR) is 46.6 cm³/mol. The molecule has 0 bridgehead atoms. The third-order valence-corrected chi connectivity index (χ3v) is 1.77. The Morgan fingerprint density at radius 1 is 1.55 bits per heavy atom. The highest BCUT2D eigenvalue weighted by molar-refractivity contribution is 5.08. The monoisotopic (exact) mass is 152 g/mol. The van der Waals surface area contributed by atoms with Crippen LogP contribution in [-0.2, 0) is 6.54 Å². The van der Waals surface area contributed by atoms with Gasteiger partial charge in [0.1, 0.15) is 0 Å². The van der Waals surface area contributed by atoms with Crippen LogP contribution in [0.15, 0.2) is 12.4 Å². The molecule has 62 valence electrons. The van der Waals surface area contributed by atoms with E-state index in [1.165, 1.54) is 5.56 Å². The third kappa shape index (κ3) is 2.07. The standard InChI is InChI=1S/C9H16N2/c1-4-5-11-7-9(6-10-11)8(2)3/h6-8H,4-5H2,1-3H3. The maximum absolute atomic E-state index is 4.24. The molecule has 0 N–H and O–H groups in total. The van der Waals surface area contributed by atoms with Gasteiger partial charge in [0, 0.05) is 12.7 Å². The molecule has 1 heterocycles. The van der Waals surface area contributed by atoms with E-state index in [1.54, 1.807) is 0 Å². The molecule has 0 aromatic carbocycles. The Balaban J connectivity index is 2.66. The summed E-state index contributed by atoms with van der Waals surface area (Å²) in [6.07, 6.45) is 5.24. The summed E-state index contributed by atoms with van der Waals surface area (Å²) in [6.45, 7) is 7.57. The first-order chi connectivity index (χ1) is 5.24. The van der Waals surface area contributed by atoms with Crippen LogP contribution in [0.2, 0.25) is 0 Å². The summed E-state index contributed by atoms with van der Waals surface area (Å²) in [5.41, 5.74) is 1.33. The molecule has 0 amide bonds. The van der Waals surface area contributed by atoms with E-state index in [0.29, 0.717) is 5.92 Å². The van der Waals surface area contributed by atoms with Crippen LogP contribution in [-0.4, -0.2) is 9.78 Å². The molecule has 0 radical (unpaired) electrons. The molecule has 2 heteroatoms. The van der Waals surface area contributed by atoms with Crippen LogP contribution in [0.3, 0.4) is 0 Å². The van der Waals surface area contributed by atoms with Crippen molar-refractivity contribution in [2.75, 3.05) is 0 Å². The lowest BCUT2D eigenvalue weighted by Crippen LogP contribution is -1.95. The van der Waals surface area contributed by atoms with Crippen molar-refractivity contribution in [1.29, 1.82) is 0 Å². The minimum absolute atomic E-state index is 0.598. The Bertz CT molecular complexity index is 213. The van der Waals surface area contributed by atoms with Gasteiger partial charge in [-0.1, -0.05) is 20.8 Å². The van der Waals surface area contributed by atoms with Crippen LogP contribution >= 0.6 is 0 Å². The molecule has 11 heavy (non-hydrogen) atoms. The summed E-state index contributed by atoms with van der Waals surface area (Å²) >= 11 is 0. The average molecular weight is 152 g/mol. The van der Waals surface area contributed by atoms with Crippen molar-refractivity contribution in [3.8, 4) is 0 Å². The van der Waals surface area contributed by atoms with Crippen LogP contribution in [0.1, 0.15) is 38.7 Å². The SMILES string of the molecule is CCCn1cc(C(C)C)cn1. The van der Waals surface area contributed by atoms with Gasteiger partial charge in [-0.25, -0.2) is 0 Å². The summed E-state index contributed by atoms with van der Waals surface area (Å²) in [5, 5.41) is 4.24. The second kappa shape index (κ2) is 3.56. The van der Waals surface area contributed by atoms with Crippen LogP contribution in [0.4, 0.5) is 0 Å². The highest BCUT2D eigenvalue weighted by Gasteiger charge is 2.00. The Labute approximate surface area is 68.2 Å². The molecule has 1 aromatic heterocycles. The summed E-state index contributed by atoms with van der Waals surface area (Å²) < 4.78 is 2.01. The number of rotatable bonds is 3. The lowest BCUT2D eigenvalue weighted by molar-refractivity contribution is 0.602. The zero-order valence-corrected chi connectivity index (χ0v) is 7.54.